The van der Waals surface area contributed by atoms with Crippen LogP contribution in [0.25, 0.3) is 82.4 Å². The van der Waals surface area contributed by atoms with Gasteiger partial charge in [-0.25, -0.2) is 0 Å². The van der Waals surface area contributed by atoms with E-state index in [1.54, 1.807) is 0 Å². The van der Waals surface area contributed by atoms with Crippen molar-refractivity contribution in [3.63, 3.8) is 0 Å². The van der Waals surface area contributed by atoms with E-state index < -0.39 is 0 Å². The Bertz CT molecular complexity index is 2240. The minimum absolute atomic E-state index is 1.12. The summed E-state index contributed by atoms with van der Waals surface area (Å²) in [6.45, 7) is 0. The van der Waals surface area contributed by atoms with Crippen LogP contribution < -0.4 is 0 Å². The van der Waals surface area contributed by atoms with Crippen molar-refractivity contribution in [2.45, 2.75) is 0 Å². The molecule has 1 aliphatic carbocycles. The maximum atomic E-state index is 4.49. The van der Waals surface area contributed by atoms with Crippen LogP contribution in [0.3, 0.4) is 0 Å². The number of nitrogens with zero attached hydrogens (tertiary/aromatic N) is 2. The molecule has 6 aromatic carbocycles. The quantitative estimate of drug-likeness (QED) is 0.234. The molecule has 0 saturated heterocycles. The zero-order chi connectivity index (χ0) is 25.5. The van der Waals surface area contributed by atoms with Crippen molar-refractivity contribution in [1.29, 1.82) is 0 Å². The second-order valence-corrected chi connectivity index (χ2v) is 10.4. The Morgan fingerprint density at radius 3 is 2.05 bits per heavy atom. The van der Waals surface area contributed by atoms with Gasteiger partial charge in [-0.2, -0.15) is 0 Å². The highest BCUT2D eigenvalue weighted by molar-refractivity contribution is 6.19. The van der Waals surface area contributed by atoms with Crippen LogP contribution in [-0.4, -0.2) is 9.55 Å². The molecule has 0 amide bonds. The summed E-state index contributed by atoms with van der Waals surface area (Å²) in [7, 11) is 0. The van der Waals surface area contributed by atoms with Gasteiger partial charge in [0.25, 0.3) is 0 Å². The highest BCUT2D eigenvalue weighted by Gasteiger charge is 2.22. The SMILES string of the molecule is c1ccc2c(c1)-c1cccc3c(-c4ccc(-n5c6cnccc6c6ccc7ccccc7c65)cc4)ccc-2c13. The lowest BCUT2D eigenvalue weighted by molar-refractivity contribution is 1.17. The number of rotatable bonds is 2. The normalized spacial score (nSPS) is 12.1. The first-order valence-electron chi connectivity index (χ1n) is 13.4. The zero-order valence-electron chi connectivity index (χ0n) is 21.1. The van der Waals surface area contributed by atoms with E-state index in [1.807, 2.05) is 12.4 Å². The van der Waals surface area contributed by atoms with Crippen molar-refractivity contribution in [2.24, 2.45) is 0 Å². The molecule has 2 nitrogen and oxygen atoms in total. The summed E-state index contributed by atoms with van der Waals surface area (Å²) < 4.78 is 2.37. The van der Waals surface area contributed by atoms with Crippen molar-refractivity contribution in [1.82, 2.24) is 9.55 Å². The van der Waals surface area contributed by atoms with E-state index in [0.717, 1.165) is 11.2 Å². The van der Waals surface area contributed by atoms with E-state index in [2.05, 4.69) is 131 Å². The molecule has 0 radical (unpaired) electrons. The minimum atomic E-state index is 1.12. The lowest BCUT2D eigenvalue weighted by Crippen LogP contribution is -1.95. The van der Waals surface area contributed by atoms with Crippen molar-refractivity contribution in [3.05, 3.63) is 134 Å². The first-order chi connectivity index (χ1) is 19.4. The summed E-state index contributed by atoms with van der Waals surface area (Å²) in [5.41, 5.74) is 11.3. The Morgan fingerprint density at radius 1 is 0.462 bits per heavy atom. The van der Waals surface area contributed by atoms with Crippen molar-refractivity contribution in [3.8, 4) is 39.1 Å². The summed E-state index contributed by atoms with van der Waals surface area (Å²) >= 11 is 0. The second-order valence-electron chi connectivity index (χ2n) is 10.4. The van der Waals surface area contributed by atoms with E-state index in [0.29, 0.717) is 0 Å². The lowest BCUT2D eigenvalue weighted by Gasteiger charge is -2.13. The van der Waals surface area contributed by atoms with Gasteiger partial charge in [0.2, 0.25) is 0 Å². The van der Waals surface area contributed by atoms with Crippen LogP contribution in [0.4, 0.5) is 0 Å². The third kappa shape index (κ3) is 2.78. The zero-order valence-corrected chi connectivity index (χ0v) is 21.1. The molecule has 180 valence electrons. The van der Waals surface area contributed by atoms with E-state index >= 15 is 0 Å². The molecule has 2 heteroatoms. The average molecular weight is 495 g/mol. The Kier molecular flexibility index (Phi) is 4.08. The van der Waals surface area contributed by atoms with Crippen LogP contribution in [0.5, 0.6) is 0 Å². The van der Waals surface area contributed by atoms with Crippen LogP contribution in [0.2, 0.25) is 0 Å². The summed E-state index contributed by atoms with van der Waals surface area (Å²) in [6, 6.07) is 44.3. The highest BCUT2D eigenvalue weighted by Crippen LogP contribution is 2.49. The van der Waals surface area contributed by atoms with Gasteiger partial charge >= 0.3 is 0 Å². The Balaban J connectivity index is 1.26. The monoisotopic (exact) mass is 494 g/mol. The molecule has 0 atom stereocenters. The van der Waals surface area contributed by atoms with Crippen LogP contribution in [0, 0.1) is 0 Å². The fraction of sp³-hybridized carbons (Fsp3) is 0. The first kappa shape index (κ1) is 20.8. The summed E-state index contributed by atoms with van der Waals surface area (Å²) in [6.07, 6.45) is 3.87. The largest absolute Gasteiger partial charge is 0.307 e. The summed E-state index contributed by atoms with van der Waals surface area (Å²) in [5, 5.41) is 7.64. The summed E-state index contributed by atoms with van der Waals surface area (Å²) in [4.78, 5) is 4.49. The number of hydrogen-bond donors (Lipinski definition) is 0. The van der Waals surface area contributed by atoms with Crippen LogP contribution in [0.15, 0.2) is 134 Å². The Hall–Kier alpha value is -5.21. The van der Waals surface area contributed by atoms with Crippen molar-refractivity contribution in [2.75, 3.05) is 0 Å². The molecule has 0 spiro atoms. The van der Waals surface area contributed by atoms with Crippen LogP contribution in [-0.2, 0) is 0 Å². The smallest absolute Gasteiger partial charge is 0.0724 e. The molecule has 2 aromatic heterocycles. The maximum Gasteiger partial charge on any atom is 0.0724 e. The van der Waals surface area contributed by atoms with Gasteiger partial charge < -0.3 is 4.57 Å². The molecule has 0 unspecified atom stereocenters. The summed E-state index contributed by atoms with van der Waals surface area (Å²) in [5.74, 6) is 0. The van der Waals surface area contributed by atoms with Gasteiger partial charge in [-0.05, 0) is 67.7 Å². The first-order valence-corrected chi connectivity index (χ1v) is 13.4. The van der Waals surface area contributed by atoms with Crippen molar-refractivity contribution >= 4 is 43.4 Å². The molecular formula is C37H22N2. The molecule has 0 saturated carbocycles. The Morgan fingerprint density at radius 2 is 1.18 bits per heavy atom. The Labute approximate surface area is 225 Å². The predicted molar refractivity (Wildman–Crippen MR) is 163 cm³/mol. The van der Waals surface area contributed by atoms with E-state index in [1.165, 1.54) is 71.2 Å². The highest BCUT2D eigenvalue weighted by atomic mass is 15.0. The topological polar surface area (TPSA) is 17.8 Å². The van der Waals surface area contributed by atoms with Crippen LogP contribution >= 0.6 is 0 Å². The molecule has 0 fully saturated rings. The second kappa shape index (κ2) is 7.66. The molecule has 0 aliphatic heterocycles. The molecular weight excluding hydrogens is 472 g/mol. The fourth-order valence-corrected chi connectivity index (χ4v) is 6.74. The average Bonchev–Trinajstić information content (AvgIpc) is 3.52. The van der Waals surface area contributed by atoms with E-state index in [4.69, 9.17) is 0 Å². The van der Waals surface area contributed by atoms with Crippen LogP contribution in [0.1, 0.15) is 0 Å². The van der Waals surface area contributed by atoms with Gasteiger partial charge in [0.15, 0.2) is 0 Å². The molecule has 0 N–H and O–H groups in total. The minimum Gasteiger partial charge on any atom is -0.307 e. The molecule has 8 aromatic rings. The maximum absolute atomic E-state index is 4.49. The molecule has 0 bridgehead atoms. The number of hydrogen-bond acceptors (Lipinski definition) is 1. The third-order valence-electron chi connectivity index (χ3n) is 8.44. The van der Waals surface area contributed by atoms with Crippen molar-refractivity contribution < 1.29 is 0 Å². The number of benzene rings is 6. The van der Waals surface area contributed by atoms with Gasteiger partial charge in [-0.15, -0.1) is 0 Å². The lowest BCUT2D eigenvalue weighted by atomic mass is 9.94. The van der Waals surface area contributed by atoms with Gasteiger partial charge in [-0.1, -0.05) is 103 Å². The number of aromatic nitrogens is 2. The molecule has 1 aliphatic rings. The fourth-order valence-electron chi connectivity index (χ4n) is 6.74. The predicted octanol–water partition coefficient (Wildman–Crippen LogP) is 9.80. The van der Waals surface area contributed by atoms with Gasteiger partial charge in [0.05, 0.1) is 17.2 Å². The third-order valence-corrected chi connectivity index (χ3v) is 8.44. The van der Waals surface area contributed by atoms with Gasteiger partial charge in [-0.3, -0.25) is 4.98 Å². The molecule has 2 heterocycles. The van der Waals surface area contributed by atoms with E-state index in [9.17, 15) is 0 Å². The number of fused-ring (bicyclic) bond motifs is 8. The molecule has 9 rings (SSSR count). The number of pyridine rings is 1. The molecule has 39 heavy (non-hydrogen) atoms. The standard InChI is InChI=1S/C37H22N2/c1-2-7-27-23(6-1)14-17-34-30-20-21-38-22-35(30)39(37(27)34)25-15-12-24(13-16-25)26-18-19-33-29-9-4-3-8-28(29)32-11-5-10-31(26)36(32)33/h1-22H. The van der Waals surface area contributed by atoms with Gasteiger partial charge in [0, 0.05) is 28.0 Å². The van der Waals surface area contributed by atoms with E-state index in [-0.39, 0.29) is 0 Å². The van der Waals surface area contributed by atoms with Gasteiger partial charge in [0.1, 0.15) is 0 Å².